The molecule has 0 radical (unpaired) electrons. The number of nitrogens with zero attached hydrogens (tertiary/aromatic N) is 1. The molecule has 0 heterocycles. The van der Waals surface area contributed by atoms with Crippen molar-refractivity contribution in [2.75, 3.05) is 6.54 Å². The third-order valence-electron chi connectivity index (χ3n) is 4.62. The number of ketones is 1. The van der Waals surface area contributed by atoms with Crippen molar-refractivity contribution in [3.8, 4) is 0 Å². The summed E-state index contributed by atoms with van der Waals surface area (Å²) in [5.74, 6) is -1.13. The van der Waals surface area contributed by atoms with Crippen LogP contribution in [0.2, 0.25) is 0 Å². The molecule has 0 N–H and O–H groups in total. The van der Waals surface area contributed by atoms with Crippen molar-refractivity contribution in [2.24, 2.45) is 0 Å². The molecule has 1 atom stereocenters. The summed E-state index contributed by atoms with van der Waals surface area (Å²) >= 11 is 0. The van der Waals surface area contributed by atoms with Gasteiger partial charge >= 0.3 is 6.18 Å². The molecule has 2 rings (SSSR count). The van der Waals surface area contributed by atoms with Gasteiger partial charge in [-0.3, -0.25) is 4.79 Å². The molecule has 9 heteroatoms. The zero-order valence-corrected chi connectivity index (χ0v) is 17.4. The van der Waals surface area contributed by atoms with Crippen LogP contribution in [0, 0.1) is 5.82 Å². The summed E-state index contributed by atoms with van der Waals surface area (Å²) in [6.07, 6.45) is 2.23. The summed E-state index contributed by atoms with van der Waals surface area (Å²) in [7, 11) is -4.62. The molecule has 164 valence electrons. The molecular formula is C21H23F4NO3S. The van der Waals surface area contributed by atoms with E-state index < -0.39 is 46.0 Å². The Morgan fingerprint density at radius 1 is 1.17 bits per heavy atom. The van der Waals surface area contributed by atoms with Crippen LogP contribution in [0.1, 0.15) is 44.7 Å². The van der Waals surface area contributed by atoms with Crippen LogP contribution in [0.4, 0.5) is 17.6 Å². The number of allylic oxidation sites excluding steroid dienone is 5. The number of rotatable bonds is 6. The Kier molecular flexibility index (Phi) is 7.76. The van der Waals surface area contributed by atoms with Crippen LogP contribution in [0.25, 0.3) is 0 Å². The summed E-state index contributed by atoms with van der Waals surface area (Å²) in [5, 5.41) is 0. The lowest BCUT2D eigenvalue weighted by Crippen LogP contribution is -2.42. The van der Waals surface area contributed by atoms with Crippen molar-refractivity contribution in [3.63, 3.8) is 0 Å². The van der Waals surface area contributed by atoms with E-state index in [9.17, 15) is 30.8 Å². The lowest BCUT2D eigenvalue weighted by molar-refractivity contribution is -0.173. The fraction of sp³-hybridized carbons (Fsp3) is 0.381. The molecule has 4 nitrogen and oxygen atoms in total. The van der Waals surface area contributed by atoms with Crippen LogP contribution in [0.15, 0.2) is 59.0 Å². The average molecular weight is 445 g/mol. The van der Waals surface area contributed by atoms with E-state index in [1.807, 2.05) is 0 Å². The van der Waals surface area contributed by atoms with Gasteiger partial charge in [0.1, 0.15) is 11.9 Å². The van der Waals surface area contributed by atoms with E-state index in [1.165, 1.54) is 26.0 Å². The normalized spacial score (nSPS) is 21.4. The number of sulfonamides is 1. The zero-order chi connectivity index (χ0) is 22.5. The van der Waals surface area contributed by atoms with Gasteiger partial charge in [0.05, 0.1) is 4.91 Å². The molecule has 1 unspecified atom stereocenters. The molecular weight excluding hydrogens is 422 g/mol. The molecule has 0 spiro atoms. The van der Waals surface area contributed by atoms with Crippen molar-refractivity contribution in [1.29, 1.82) is 0 Å². The van der Waals surface area contributed by atoms with Crippen molar-refractivity contribution in [3.05, 3.63) is 70.4 Å². The molecule has 1 aromatic carbocycles. The standard InChI is InChI=1S/C21H23F4NO3S/c1-3-26(20(21(23,24)25)16-10-12-18(22)13-11-16)30(28,29)19-9-7-5-4-6-8-17(14-19)15(2)27/h6,8-14,20H,3-5,7H2,1-2H3/b8-6+,17-14+,19-9+. The zero-order valence-electron chi connectivity index (χ0n) is 16.6. The molecule has 0 aliphatic heterocycles. The Balaban J connectivity index is 2.63. The summed E-state index contributed by atoms with van der Waals surface area (Å²) in [6.45, 7) is 2.08. The van der Waals surface area contributed by atoms with Crippen LogP contribution >= 0.6 is 0 Å². The van der Waals surface area contributed by atoms with Gasteiger partial charge < -0.3 is 0 Å². The number of alkyl halides is 3. The van der Waals surface area contributed by atoms with Gasteiger partial charge in [0.2, 0.25) is 10.0 Å². The van der Waals surface area contributed by atoms with Gasteiger partial charge in [0.25, 0.3) is 0 Å². The van der Waals surface area contributed by atoms with Gasteiger partial charge in [-0.2, -0.15) is 17.5 Å². The molecule has 0 amide bonds. The fourth-order valence-electron chi connectivity index (χ4n) is 3.14. The molecule has 0 bridgehead atoms. The quantitative estimate of drug-likeness (QED) is 0.564. The molecule has 0 saturated carbocycles. The molecule has 1 aromatic rings. The topological polar surface area (TPSA) is 54.5 Å². The van der Waals surface area contributed by atoms with Crippen LogP contribution in [-0.4, -0.2) is 31.2 Å². The highest BCUT2D eigenvalue weighted by Crippen LogP contribution is 2.40. The predicted octanol–water partition coefficient (Wildman–Crippen LogP) is 5.22. The van der Waals surface area contributed by atoms with Crippen molar-refractivity contribution >= 4 is 15.8 Å². The largest absolute Gasteiger partial charge is 0.409 e. The van der Waals surface area contributed by atoms with Gasteiger partial charge in [0.15, 0.2) is 5.78 Å². The van der Waals surface area contributed by atoms with E-state index in [4.69, 9.17) is 0 Å². The average Bonchev–Trinajstić information content (AvgIpc) is 2.78. The van der Waals surface area contributed by atoms with E-state index in [-0.39, 0.29) is 10.5 Å². The van der Waals surface area contributed by atoms with E-state index in [1.54, 1.807) is 6.08 Å². The number of Topliss-reactive ketones (excluding diaryl/α,β-unsaturated/α-hetero) is 1. The Morgan fingerprint density at radius 2 is 1.80 bits per heavy atom. The maximum atomic E-state index is 14.0. The third kappa shape index (κ3) is 5.66. The first-order chi connectivity index (χ1) is 14.0. The summed E-state index contributed by atoms with van der Waals surface area (Å²) < 4.78 is 82.0. The Morgan fingerprint density at radius 3 is 2.33 bits per heavy atom. The fourth-order valence-corrected chi connectivity index (χ4v) is 4.87. The van der Waals surface area contributed by atoms with Crippen molar-refractivity contribution in [2.45, 2.75) is 45.3 Å². The number of carbonyl (C=O) groups is 1. The van der Waals surface area contributed by atoms with E-state index in [2.05, 4.69) is 0 Å². The summed E-state index contributed by atoms with van der Waals surface area (Å²) in [5.41, 5.74) is -0.304. The van der Waals surface area contributed by atoms with E-state index >= 15 is 0 Å². The second-order valence-corrected chi connectivity index (χ2v) is 8.69. The molecule has 30 heavy (non-hydrogen) atoms. The van der Waals surface area contributed by atoms with Crippen molar-refractivity contribution in [1.82, 2.24) is 4.31 Å². The lowest BCUT2D eigenvalue weighted by atomic mass is 10.1. The van der Waals surface area contributed by atoms with Crippen LogP contribution in [0.5, 0.6) is 0 Å². The van der Waals surface area contributed by atoms with Crippen molar-refractivity contribution < 1.29 is 30.8 Å². The van der Waals surface area contributed by atoms with Gasteiger partial charge in [0, 0.05) is 12.1 Å². The Hall–Kier alpha value is -2.26. The third-order valence-corrected chi connectivity index (χ3v) is 6.59. The smallest absolute Gasteiger partial charge is 0.295 e. The highest BCUT2D eigenvalue weighted by Gasteiger charge is 2.49. The highest BCUT2D eigenvalue weighted by atomic mass is 32.2. The van der Waals surface area contributed by atoms with Gasteiger partial charge in [-0.1, -0.05) is 37.3 Å². The first kappa shape index (κ1) is 24.0. The Bertz CT molecular complexity index is 961. The number of benzene rings is 1. The van der Waals surface area contributed by atoms with Gasteiger partial charge in [-0.15, -0.1) is 0 Å². The van der Waals surface area contributed by atoms with E-state index in [0.29, 0.717) is 23.6 Å². The van der Waals surface area contributed by atoms with Crippen LogP contribution in [0.3, 0.4) is 0 Å². The van der Waals surface area contributed by atoms with E-state index in [0.717, 1.165) is 30.3 Å². The molecule has 0 fully saturated rings. The summed E-state index contributed by atoms with van der Waals surface area (Å²) in [6, 6.07) is 1.05. The predicted molar refractivity (Wildman–Crippen MR) is 106 cm³/mol. The molecule has 1 aliphatic rings. The second-order valence-electron chi connectivity index (χ2n) is 6.80. The maximum Gasteiger partial charge on any atom is 0.409 e. The molecule has 0 saturated heterocycles. The minimum atomic E-state index is -4.94. The van der Waals surface area contributed by atoms with Crippen LogP contribution in [-0.2, 0) is 14.8 Å². The first-order valence-electron chi connectivity index (χ1n) is 9.41. The van der Waals surface area contributed by atoms with Crippen LogP contribution < -0.4 is 0 Å². The molecule has 1 aliphatic carbocycles. The SMILES string of the molecule is CCN(C(c1ccc(F)cc1)C(F)(F)F)S(=O)(=O)C1=C/CCC/C=C/C(C(C)=O)=C\1. The second kappa shape index (κ2) is 9.70. The Labute approximate surface area is 173 Å². The van der Waals surface area contributed by atoms with Gasteiger partial charge in [-0.05, 0) is 50.0 Å². The minimum Gasteiger partial charge on any atom is -0.295 e. The lowest BCUT2D eigenvalue weighted by Gasteiger charge is -2.32. The summed E-state index contributed by atoms with van der Waals surface area (Å²) in [4.78, 5) is 11.5. The minimum absolute atomic E-state index is 0.0909. The monoisotopic (exact) mass is 445 g/mol. The highest BCUT2D eigenvalue weighted by molar-refractivity contribution is 7.93. The number of hydrogen-bond acceptors (Lipinski definition) is 3. The maximum absolute atomic E-state index is 14.0. The number of hydrogen-bond donors (Lipinski definition) is 0. The molecule has 0 aromatic heterocycles. The van der Waals surface area contributed by atoms with Gasteiger partial charge in [-0.25, -0.2) is 12.8 Å². The number of halogens is 4. The first-order valence-corrected chi connectivity index (χ1v) is 10.9. The number of carbonyl (C=O) groups excluding carboxylic acids is 1.